The average molecular weight is 315 g/mol. The van der Waals surface area contributed by atoms with Crippen molar-refractivity contribution in [2.45, 2.75) is 44.6 Å². The van der Waals surface area contributed by atoms with Crippen LogP contribution < -0.4 is 4.72 Å². The Morgan fingerprint density at radius 1 is 1.33 bits per heavy atom. The molecule has 0 fully saturated rings. The molecule has 0 radical (unpaired) electrons. The molecule has 6 nitrogen and oxygen atoms in total. The van der Waals surface area contributed by atoms with Gasteiger partial charge in [0.2, 0.25) is 10.0 Å². The lowest BCUT2D eigenvalue weighted by atomic mass is 10.1. The number of aryl methyl sites for hydroxylation is 1. The lowest BCUT2D eigenvalue weighted by molar-refractivity contribution is 0.0696. The van der Waals surface area contributed by atoms with Crippen LogP contribution in [0.2, 0.25) is 0 Å². The second-order valence-electron chi connectivity index (χ2n) is 5.11. The molecule has 0 amide bonds. The zero-order chi connectivity index (χ0) is 16.2. The lowest BCUT2D eigenvalue weighted by Crippen LogP contribution is -2.26. The molecule has 0 saturated heterocycles. The van der Waals surface area contributed by atoms with E-state index in [2.05, 4.69) is 4.72 Å². The first kappa shape index (κ1) is 17.6. The highest BCUT2D eigenvalue weighted by Crippen LogP contribution is 2.21. The first-order valence-electron chi connectivity index (χ1n) is 6.67. The Kier molecular flexibility index (Phi) is 5.88. The van der Waals surface area contributed by atoms with Crippen molar-refractivity contribution in [1.29, 1.82) is 0 Å². The maximum absolute atomic E-state index is 12.3. The fourth-order valence-corrected chi connectivity index (χ4v) is 3.33. The second-order valence-corrected chi connectivity index (χ2v) is 6.85. The highest BCUT2D eigenvalue weighted by atomic mass is 32.2. The van der Waals surface area contributed by atoms with Crippen LogP contribution in [-0.2, 0) is 10.0 Å². The zero-order valence-corrected chi connectivity index (χ0v) is 13.2. The van der Waals surface area contributed by atoms with E-state index in [1.807, 2.05) is 0 Å². The molecule has 3 N–H and O–H groups in total. The second kappa shape index (κ2) is 7.02. The molecule has 7 heteroatoms. The van der Waals surface area contributed by atoms with Crippen LogP contribution in [-0.4, -0.2) is 37.2 Å². The van der Waals surface area contributed by atoms with Crippen LogP contribution in [0.15, 0.2) is 17.0 Å². The van der Waals surface area contributed by atoms with Crippen LogP contribution in [0.4, 0.5) is 0 Å². The van der Waals surface area contributed by atoms with Crippen molar-refractivity contribution in [3.63, 3.8) is 0 Å². The minimum atomic E-state index is -3.76. The van der Waals surface area contributed by atoms with Gasteiger partial charge in [0, 0.05) is 6.54 Å². The van der Waals surface area contributed by atoms with E-state index in [9.17, 15) is 13.2 Å². The van der Waals surface area contributed by atoms with Crippen LogP contribution in [0.25, 0.3) is 0 Å². The molecular formula is C14H21NO5S. The van der Waals surface area contributed by atoms with Gasteiger partial charge >= 0.3 is 5.97 Å². The molecule has 1 aromatic rings. The number of carboxylic acid groups (broad SMARTS) is 1. The van der Waals surface area contributed by atoms with E-state index < -0.39 is 22.1 Å². The highest BCUT2D eigenvalue weighted by Gasteiger charge is 2.20. The monoisotopic (exact) mass is 315 g/mol. The van der Waals surface area contributed by atoms with Gasteiger partial charge in [-0.1, -0.05) is 0 Å². The largest absolute Gasteiger partial charge is 0.478 e. The molecule has 0 aliphatic rings. The molecule has 1 aromatic carbocycles. The van der Waals surface area contributed by atoms with Gasteiger partial charge < -0.3 is 10.2 Å². The molecule has 118 valence electrons. The fourth-order valence-electron chi connectivity index (χ4n) is 1.91. The summed E-state index contributed by atoms with van der Waals surface area (Å²) in [5, 5.41) is 18.2. The summed E-state index contributed by atoms with van der Waals surface area (Å²) in [5.74, 6) is -1.16. The van der Waals surface area contributed by atoms with E-state index in [-0.39, 0.29) is 17.0 Å². The summed E-state index contributed by atoms with van der Waals surface area (Å²) >= 11 is 0. The average Bonchev–Trinajstić information content (AvgIpc) is 2.37. The van der Waals surface area contributed by atoms with E-state index in [1.165, 1.54) is 12.1 Å². The van der Waals surface area contributed by atoms with Gasteiger partial charge in [0.1, 0.15) is 0 Å². The van der Waals surface area contributed by atoms with Crippen molar-refractivity contribution < 1.29 is 23.4 Å². The smallest absolute Gasteiger partial charge is 0.335 e. The third kappa shape index (κ3) is 4.80. The number of hydrogen-bond acceptors (Lipinski definition) is 4. The third-order valence-corrected chi connectivity index (χ3v) is 4.83. The maximum Gasteiger partial charge on any atom is 0.335 e. The molecule has 1 atom stereocenters. The SMILES string of the molecule is Cc1cc(C(=O)O)cc(S(=O)(=O)NCCCC(C)O)c1C. The number of aliphatic hydroxyl groups is 1. The molecule has 1 unspecified atom stereocenters. The summed E-state index contributed by atoms with van der Waals surface area (Å²) < 4.78 is 26.9. The molecule has 0 heterocycles. The van der Waals surface area contributed by atoms with Gasteiger partial charge in [-0.15, -0.1) is 0 Å². The van der Waals surface area contributed by atoms with E-state index in [0.29, 0.717) is 24.0 Å². The Balaban J connectivity index is 2.99. The van der Waals surface area contributed by atoms with Crippen LogP contribution in [0.1, 0.15) is 41.3 Å². The Hall–Kier alpha value is -1.44. The van der Waals surface area contributed by atoms with Gasteiger partial charge in [0.25, 0.3) is 0 Å². The van der Waals surface area contributed by atoms with Crippen molar-refractivity contribution in [3.8, 4) is 0 Å². The van der Waals surface area contributed by atoms with E-state index in [4.69, 9.17) is 10.2 Å². The Morgan fingerprint density at radius 3 is 2.48 bits per heavy atom. The van der Waals surface area contributed by atoms with E-state index in [1.54, 1.807) is 20.8 Å². The van der Waals surface area contributed by atoms with E-state index >= 15 is 0 Å². The minimum Gasteiger partial charge on any atom is -0.478 e. The number of rotatable bonds is 7. The Bertz CT molecular complexity index is 622. The van der Waals surface area contributed by atoms with Gasteiger partial charge in [-0.3, -0.25) is 0 Å². The summed E-state index contributed by atoms with van der Waals surface area (Å²) in [5.41, 5.74) is 1.09. The highest BCUT2D eigenvalue weighted by molar-refractivity contribution is 7.89. The van der Waals surface area contributed by atoms with Gasteiger partial charge in [0.05, 0.1) is 16.6 Å². The Labute approximate surface area is 124 Å². The minimum absolute atomic E-state index is 0.0167. The van der Waals surface area contributed by atoms with Crippen molar-refractivity contribution >= 4 is 16.0 Å². The van der Waals surface area contributed by atoms with Crippen molar-refractivity contribution in [2.75, 3.05) is 6.54 Å². The molecule has 21 heavy (non-hydrogen) atoms. The predicted octanol–water partition coefficient (Wildman–Crippen LogP) is 1.44. The summed E-state index contributed by atoms with van der Waals surface area (Å²) in [6.07, 6.45) is 0.525. The molecular weight excluding hydrogens is 294 g/mol. The molecule has 0 spiro atoms. The number of aliphatic hydroxyl groups excluding tert-OH is 1. The maximum atomic E-state index is 12.3. The van der Waals surface area contributed by atoms with Crippen molar-refractivity contribution in [1.82, 2.24) is 4.72 Å². The first-order valence-corrected chi connectivity index (χ1v) is 8.15. The first-order chi connectivity index (χ1) is 9.65. The van der Waals surface area contributed by atoms with Crippen LogP contribution in [0.5, 0.6) is 0 Å². The number of sulfonamides is 1. The molecule has 0 saturated carbocycles. The third-order valence-electron chi connectivity index (χ3n) is 3.25. The van der Waals surface area contributed by atoms with Crippen molar-refractivity contribution in [3.05, 3.63) is 28.8 Å². The molecule has 0 aliphatic carbocycles. The van der Waals surface area contributed by atoms with Crippen LogP contribution in [0, 0.1) is 13.8 Å². The van der Waals surface area contributed by atoms with Crippen LogP contribution >= 0.6 is 0 Å². The van der Waals surface area contributed by atoms with Gasteiger partial charge in [-0.05, 0) is 56.9 Å². The molecule has 0 bridgehead atoms. The number of aromatic carboxylic acids is 1. The molecule has 0 aliphatic heterocycles. The number of hydrogen-bond donors (Lipinski definition) is 3. The molecule has 0 aromatic heterocycles. The quantitative estimate of drug-likeness (QED) is 0.661. The number of benzene rings is 1. The number of carboxylic acids is 1. The molecule has 1 rings (SSSR count). The fraction of sp³-hybridized carbons (Fsp3) is 0.500. The normalized spacial score (nSPS) is 13.1. The summed E-state index contributed by atoms with van der Waals surface area (Å²) in [6, 6.07) is 2.62. The number of carbonyl (C=O) groups is 1. The zero-order valence-electron chi connectivity index (χ0n) is 12.4. The summed E-state index contributed by atoms with van der Waals surface area (Å²) in [7, 11) is -3.76. The lowest BCUT2D eigenvalue weighted by Gasteiger charge is -2.12. The standard InChI is InChI=1S/C14H21NO5S/c1-9-7-12(14(17)18)8-13(11(9)3)21(19,20)15-6-4-5-10(2)16/h7-8,10,15-16H,4-6H2,1-3H3,(H,17,18). The van der Waals surface area contributed by atoms with E-state index in [0.717, 1.165) is 0 Å². The van der Waals surface area contributed by atoms with Gasteiger partial charge in [0.15, 0.2) is 0 Å². The van der Waals surface area contributed by atoms with Crippen molar-refractivity contribution in [2.24, 2.45) is 0 Å². The summed E-state index contributed by atoms with van der Waals surface area (Å²) in [4.78, 5) is 11.0. The summed E-state index contributed by atoms with van der Waals surface area (Å²) in [6.45, 7) is 5.15. The van der Waals surface area contributed by atoms with Gasteiger partial charge in [-0.25, -0.2) is 17.9 Å². The predicted molar refractivity (Wildman–Crippen MR) is 79.0 cm³/mol. The van der Waals surface area contributed by atoms with Gasteiger partial charge in [-0.2, -0.15) is 0 Å². The Morgan fingerprint density at radius 2 is 1.95 bits per heavy atom. The topological polar surface area (TPSA) is 104 Å². The van der Waals surface area contributed by atoms with Crippen LogP contribution in [0.3, 0.4) is 0 Å². The number of nitrogens with one attached hydrogen (secondary N) is 1.